The van der Waals surface area contributed by atoms with E-state index in [1.807, 2.05) is 0 Å². The summed E-state index contributed by atoms with van der Waals surface area (Å²) >= 11 is 6.01. The maximum absolute atomic E-state index is 12.0. The predicted molar refractivity (Wildman–Crippen MR) is 72.7 cm³/mol. The van der Waals surface area contributed by atoms with Crippen molar-refractivity contribution in [1.82, 2.24) is 5.32 Å². The van der Waals surface area contributed by atoms with E-state index in [1.165, 1.54) is 25.7 Å². The van der Waals surface area contributed by atoms with Gasteiger partial charge in [-0.3, -0.25) is 4.79 Å². The monoisotopic (exact) mass is 273 g/mol. The van der Waals surface area contributed by atoms with Gasteiger partial charge in [-0.1, -0.05) is 12.8 Å². The number of hydrogen-bond donors (Lipinski definition) is 1. The molecule has 2 aliphatic rings. The average Bonchev–Trinajstić information content (AvgIpc) is 2.46. The lowest BCUT2D eigenvalue weighted by Gasteiger charge is -2.31. The van der Waals surface area contributed by atoms with Gasteiger partial charge in [0, 0.05) is 31.6 Å². The molecule has 0 aromatic rings. The van der Waals surface area contributed by atoms with Crippen molar-refractivity contribution in [1.29, 1.82) is 0 Å². The number of carbonyl (C=O) groups is 1. The van der Waals surface area contributed by atoms with Gasteiger partial charge < -0.3 is 10.1 Å². The molecule has 1 saturated carbocycles. The summed E-state index contributed by atoms with van der Waals surface area (Å²) in [7, 11) is 0. The highest BCUT2D eigenvalue weighted by molar-refractivity contribution is 6.18. The van der Waals surface area contributed by atoms with Crippen LogP contribution in [0.2, 0.25) is 0 Å². The highest BCUT2D eigenvalue weighted by Gasteiger charge is 2.26. The smallest absolute Gasteiger partial charge is 0.223 e. The Labute approximate surface area is 115 Å². The second kappa shape index (κ2) is 7.34. The number of amides is 1. The van der Waals surface area contributed by atoms with Crippen LogP contribution < -0.4 is 5.32 Å². The number of nitrogens with one attached hydrogen (secondary N) is 1. The lowest BCUT2D eigenvalue weighted by molar-refractivity contribution is -0.128. The summed E-state index contributed by atoms with van der Waals surface area (Å²) < 4.78 is 5.28. The minimum absolute atomic E-state index is 0.164. The summed E-state index contributed by atoms with van der Waals surface area (Å²) in [6, 6.07) is 0. The number of halogens is 1. The molecule has 2 unspecified atom stereocenters. The van der Waals surface area contributed by atoms with Gasteiger partial charge in [0.15, 0.2) is 0 Å². The third-order valence-electron chi connectivity index (χ3n) is 4.40. The summed E-state index contributed by atoms with van der Waals surface area (Å²) in [5.41, 5.74) is 0. The van der Waals surface area contributed by atoms with Crippen LogP contribution in [0.25, 0.3) is 0 Å². The Balaban J connectivity index is 1.73. The molecule has 1 saturated heterocycles. The van der Waals surface area contributed by atoms with Crippen LogP contribution in [0.5, 0.6) is 0 Å². The minimum Gasteiger partial charge on any atom is -0.381 e. The molecule has 18 heavy (non-hydrogen) atoms. The fourth-order valence-corrected chi connectivity index (χ4v) is 3.50. The van der Waals surface area contributed by atoms with E-state index in [-0.39, 0.29) is 11.8 Å². The maximum atomic E-state index is 12.0. The van der Waals surface area contributed by atoms with E-state index in [0.717, 1.165) is 38.5 Å². The fraction of sp³-hybridized carbons (Fsp3) is 0.929. The van der Waals surface area contributed by atoms with Crippen molar-refractivity contribution < 1.29 is 9.53 Å². The van der Waals surface area contributed by atoms with Gasteiger partial charge in [-0.15, -0.1) is 11.6 Å². The molecule has 0 bridgehead atoms. The Morgan fingerprint density at radius 3 is 2.44 bits per heavy atom. The van der Waals surface area contributed by atoms with E-state index >= 15 is 0 Å². The molecule has 104 valence electrons. The number of alkyl halides is 1. The van der Waals surface area contributed by atoms with E-state index < -0.39 is 0 Å². The van der Waals surface area contributed by atoms with Gasteiger partial charge in [-0.25, -0.2) is 0 Å². The molecule has 0 spiro atoms. The van der Waals surface area contributed by atoms with E-state index in [1.54, 1.807) is 0 Å². The SMILES string of the molecule is O=C(NCC1CCCCC1CCl)C1CCOCC1. The van der Waals surface area contributed by atoms with Gasteiger partial charge in [-0.05, 0) is 37.5 Å². The average molecular weight is 274 g/mol. The first-order chi connectivity index (χ1) is 8.81. The van der Waals surface area contributed by atoms with E-state index in [4.69, 9.17) is 16.3 Å². The molecule has 1 amide bonds. The first-order valence-corrected chi connectivity index (χ1v) is 7.76. The minimum atomic E-state index is 0.164. The molecule has 4 heteroatoms. The molecular weight excluding hydrogens is 250 g/mol. The highest BCUT2D eigenvalue weighted by atomic mass is 35.5. The van der Waals surface area contributed by atoms with Crippen LogP contribution in [0.1, 0.15) is 38.5 Å². The van der Waals surface area contributed by atoms with Crippen molar-refractivity contribution in [2.24, 2.45) is 17.8 Å². The van der Waals surface area contributed by atoms with Gasteiger partial charge in [0.25, 0.3) is 0 Å². The van der Waals surface area contributed by atoms with Crippen molar-refractivity contribution in [2.75, 3.05) is 25.6 Å². The zero-order chi connectivity index (χ0) is 12.8. The maximum Gasteiger partial charge on any atom is 0.223 e. The Kier molecular flexibility index (Phi) is 5.77. The summed E-state index contributed by atoms with van der Waals surface area (Å²) in [6.45, 7) is 2.27. The summed E-state index contributed by atoms with van der Waals surface area (Å²) in [6.07, 6.45) is 6.75. The summed E-state index contributed by atoms with van der Waals surface area (Å²) in [5.74, 6) is 2.29. The summed E-state index contributed by atoms with van der Waals surface area (Å²) in [4.78, 5) is 12.0. The first-order valence-electron chi connectivity index (χ1n) is 7.22. The fourth-order valence-electron chi connectivity index (χ4n) is 3.09. The quantitative estimate of drug-likeness (QED) is 0.800. The van der Waals surface area contributed by atoms with Crippen molar-refractivity contribution in [3.8, 4) is 0 Å². The van der Waals surface area contributed by atoms with Gasteiger partial charge in [0.05, 0.1) is 0 Å². The zero-order valence-corrected chi connectivity index (χ0v) is 11.8. The van der Waals surface area contributed by atoms with Gasteiger partial charge in [-0.2, -0.15) is 0 Å². The number of ether oxygens (including phenoxy) is 1. The Hall–Kier alpha value is -0.280. The Bertz CT molecular complexity index is 267. The predicted octanol–water partition coefficient (Wildman–Crippen LogP) is 2.57. The van der Waals surface area contributed by atoms with Gasteiger partial charge in [0.2, 0.25) is 5.91 Å². The van der Waals surface area contributed by atoms with Crippen LogP contribution in [0.3, 0.4) is 0 Å². The van der Waals surface area contributed by atoms with Crippen molar-refractivity contribution in [3.63, 3.8) is 0 Å². The van der Waals surface area contributed by atoms with Crippen molar-refractivity contribution >= 4 is 17.5 Å². The number of hydrogen-bond acceptors (Lipinski definition) is 2. The molecule has 3 nitrogen and oxygen atoms in total. The van der Waals surface area contributed by atoms with Gasteiger partial charge in [0.1, 0.15) is 0 Å². The number of rotatable bonds is 4. The van der Waals surface area contributed by atoms with Crippen LogP contribution >= 0.6 is 11.6 Å². The molecule has 2 fully saturated rings. The molecule has 1 aliphatic carbocycles. The lowest BCUT2D eigenvalue weighted by Crippen LogP contribution is -2.39. The molecule has 1 heterocycles. The lowest BCUT2D eigenvalue weighted by atomic mass is 9.80. The molecule has 0 aromatic heterocycles. The van der Waals surface area contributed by atoms with Crippen molar-refractivity contribution in [2.45, 2.75) is 38.5 Å². The van der Waals surface area contributed by atoms with Crippen LogP contribution in [0.15, 0.2) is 0 Å². The van der Waals surface area contributed by atoms with E-state index in [9.17, 15) is 4.79 Å². The van der Waals surface area contributed by atoms with Crippen molar-refractivity contribution in [3.05, 3.63) is 0 Å². The molecule has 2 rings (SSSR count). The summed E-state index contributed by atoms with van der Waals surface area (Å²) in [5, 5.41) is 3.13. The van der Waals surface area contributed by atoms with Crippen LogP contribution in [-0.4, -0.2) is 31.5 Å². The molecule has 0 aromatic carbocycles. The largest absolute Gasteiger partial charge is 0.381 e. The molecular formula is C14H24ClNO2. The van der Waals surface area contributed by atoms with E-state index in [2.05, 4.69) is 5.32 Å². The molecule has 1 aliphatic heterocycles. The third-order valence-corrected chi connectivity index (χ3v) is 4.79. The van der Waals surface area contributed by atoms with Crippen LogP contribution in [0.4, 0.5) is 0 Å². The molecule has 2 atom stereocenters. The normalized spacial score (nSPS) is 30.1. The second-order valence-electron chi connectivity index (χ2n) is 5.59. The zero-order valence-electron chi connectivity index (χ0n) is 11.0. The topological polar surface area (TPSA) is 38.3 Å². The third kappa shape index (κ3) is 3.86. The first kappa shape index (κ1) is 14.1. The van der Waals surface area contributed by atoms with Gasteiger partial charge >= 0.3 is 0 Å². The highest BCUT2D eigenvalue weighted by Crippen LogP contribution is 2.30. The molecule has 1 N–H and O–H groups in total. The van der Waals surface area contributed by atoms with E-state index in [0.29, 0.717) is 11.8 Å². The molecule has 0 radical (unpaired) electrons. The number of carbonyl (C=O) groups excluding carboxylic acids is 1. The second-order valence-corrected chi connectivity index (χ2v) is 5.90. The van der Waals surface area contributed by atoms with Crippen LogP contribution in [0, 0.1) is 17.8 Å². The Morgan fingerprint density at radius 2 is 1.78 bits per heavy atom. The Morgan fingerprint density at radius 1 is 1.11 bits per heavy atom. The van der Waals surface area contributed by atoms with Crippen LogP contribution in [-0.2, 0) is 9.53 Å². The standard InChI is InChI=1S/C14H24ClNO2/c15-9-12-3-1-2-4-13(12)10-16-14(17)11-5-7-18-8-6-11/h11-13H,1-10H2,(H,16,17).